The largest absolute Gasteiger partial charge is 0.319 e. The molecule has 86 valence electrons. The molecule has 0 radical (unpaired) electrons. The van der Waals surface area contributed by atoms with Gasteiger partial charge in [0.05, 0.1) is 0 Å². The van der Waals surface area contributed by atoms with E-state index in [2.05, 4.69) is 41.0 Å². The third-order valence-electron chi connectivity index (χ3n) is 2.99. The van der Waals surface area contributed by atoms with E-state index in [0.717, 1.165) is 32.5 Å². The number of rotatable bonds is 4. The highest BCUT2D eigenvalue weighted by Gasteiger charge is 2.07. The molecule has 0 saturated carbocycles. The predicted octanol–water partition coefficient (Wildman–Crippen LogP) is 1.96. The van der Waals surface area contributed by atoms with E-state index in [0.29, 0.717) is 0 Å². The maximum Gasteiger partial charge on any atom is 0.0208 e. The summed E-state index contributed by atoms with van der Waals surface area (Å²) in [4.78, 5) is 0. The number of fused-ring (bicyclic) bond motifs is 1. The van der Waals surface area contributed by atoms with Gasteiger partial charge in [-0.3, -0.25) is 0 Å². The zero-order valence-electron chi connectivity index (χ0n) is 9.92. The van der Waals surface area contributed by atoms with Crippen molar-refractivity contribution < 1.29 is 0 Å². The molecule has 0 spiro atoms. The van der Waals surface area contributed by atoms with Crippen LogP contribution in [0.2, 0.25) is 0 Å². The minimum Gasteiger partial charge on any atom is -0.319 e. The van der Waals surface area contributed by atoms with E-state index in [1.54, 1.807) is 0 Å². The molecule has 2 nitrogen and oxygen atoms in total. The fourth-order valence-electron chi connectivity index (χ4n) is 2.05. The van der Waals surface area contributed by atoms with Crippen LogP contribution in [0.25, 0.3) is 6.08 Å². The molecule has 0 aromatic heterocycles. The normalized spacial score (nSPS) is 15.3. The molecule has 1 aliphatic heterocycles. The summed E-state index contributed by atoms with van der Waals surface area (Å²) in [5.41, 5.74) is 4.30. The minimum atomic E-state index is 1.03. The summed E-state index contributed by atoms with van der Waals surface area (Å²) in [5, 5.41) is 6.54. The van der Waals surface area contributed by atoms with Gasteiger partial charge in [0, 0.05) is 6.54 Å². The Kier molecular flexibility index (Phi) is 4.14. The average Bonchev–Trinajstić information content (AvgIpc) is 2.34. The van der Waals surface area contributed by atoms with Crippen LogP contribution in [-0.4, -0.2) is 20.1 Å². The summed E-state index contributed by atoms with van der Waals surface area (Å²) >= 11 is 0. The lowest BCUT2D eigenvalue weighted by molar-refractivity contribution is 0.643. The molecular weight excluding hydrogens is 196 g/mol. The van der Waals surface area contributed by atoms with Crippen LogP contribution in [0.1, 0.15) is 23.1 Å². The summed E-state index contributed by atoms with van der Waals surface area (Å²) in [6.45, 7) is 3.18. The van der Waals surface area contributed by atoms with E-state index in [1.807, 2.05) is 7.05 Å². The van der Waals surface area contributed by atoms with Crippen LogP contribution in [-0.2, 0) is 13.0 Å². The van der Waals surface area contributed by atoms with Gasteiger partial charge in [-0.25, -0.2) is 0 Å². The van der Waals surface area contributed by atoms with Gasteiger partial charge < -0.3 is 10.6 Å². The molecule has 16 heavy (non-hydrogen) atoms. The van der Waals surface area contributed by atoms with Crippen LogP contribution in [0.3, 0.4) is 0 Å². The predicted molar refractivity (Wildman–Crippen MR) is 69.4 cm³/mol. The third kappa shape index (κ3) is 2.94. The van der Waals surface area contributed by atoms with E-state index in [9.17, 15) is 0 Å². The molecule has 0 unspecified atom stereocenters. The van der Waals surface area contributed by atoms with Crippen LogP contribution in [0.15, 0.2) is 24.3 Å². The fourth-order valence-corrected chi connectivity index (χ4v) is 2.05. The molecule has 0 aliphatic carbocycles. The Morgan fingerprint density at radius 2 is 2.31 bits per heavy atom. The molecule has 1 heterocycles. The smallest absolute Gasteiger partial charge is 0.0208 e. The summed E-state index contributed by atoms with van der Waals surface area (Å²) in [6, 6.07) is 6.78. The van der Waals surface area contributed by atoms with Crippen molar-refractivity contribution in [2.75, 3.05) is 20.1 Å². The molecule has 0 fully saturated rings. The molecule has 1 aromatic carbocycles. The fraction of sp³-hybridized carbons (Fsp3) is 0.429. The lowest BCUT2D eigenvalue weighted by Gasteiger charge is -2.17. The first-order valence-corrected chi connectivity index (χ1v) is 6.04. The highest BCUT2D eigenvalue weighted by Crippen LogP contribution is 2.16. The SMILES string of the molecule is CNCCC=Cc1ccc2c(c1)CCNC2. The maximum atomic E-state index is 3.39. The average molecular weight is 216 g/mol. The molecular formula is C14H20N2. The Labute approximate surface area is 97.8 Å². The van der Waals surface area contributed by atoms with Crippen LogP contribution in [0.4, 0.5) is 0 Å². The summed E-state index contributed by atoms with van der Waals surface area (Å²) < 4.78 is 0. The van der Waals surface area contributed by atoms with E-state index in [-0.39, 0.29) is 0 Å². The molecule has 0 bridgehead atoms. The van der Waals surface area contributed by atoms with Crippen LogP contribution < -0.4 is 10.6 Å². The van der Waals surface area contributed by atoms with E-state index < -0.39 is 0 Å². The van der Waals surface area contributed by atoms with Gasteiger partial charge in [-0.05, 0) is 49.7 Å². The Hall–Kier alpha value is -1.12. The van der Waals surface area contributed by atoms with Crippen molar-refractivity contribution in [3.8, 4) is 0 Å². The van der Waals surface area contributed by atoms with Crippen molar-refractivity contribution in [3.63, 3.8) is 0 Å². The zero-order valence-corrected chi connectivity index (χ0v) is 9.92. The van der Waals surface area contributed by atoms with Crippen LogP contribution >= 0.6 is 0 Å². The van der Waals surface area contributed by atoms with Crippen molar-refractivity contribution in [1.82, 2.24) is 10.6 Å². The Morgan fingerprint density at radius 1 is 1.38 bits per heavy atom. The molecule has 0 amide bonds. The first-order valence-electron chi connectivity index (χ1n) is 6.04. The molecule has 0 atom stereocenters. The molecule has 2 N–H and O–H groups in total. The lowest BCUT2D eigenvalue weighted by atomic mass is 9.98. The Balaban J connectivity index is 2.02. The standard InChI is InChI=1S/C14H20N2/c1-15-8-3-2-4-12-5-6-14-11-16-9-7-13(14)10-12/h2,4-6,10,15-16H,3,7-9,11H2,1H3. The van der Waals surface area contributed by atoms with Crippen LogP contribution in [0, 0.1) is 0 Å². The quantitative estimate of drug-likeness (QED) is 0.752. The molecule has 1 aliphatic rings. The van der Waals surface area contributed by atoms with Crippen molar-refractivity contribution >= 4 is 6.08 Å². The zero-order chi connectivity index (χ0) is 11.2. The second-order valence-electron chi connectivity index (χ2n) is 4.25. The van der Waals surface area contributed by atoms with Crippen molar-refractivity contribution in [2.45, 2.75) is 19.4 Å². The van der Waals surface area contributed by atoms with E-state index in [1.165, 1.54) is 16.7 Å². The third-order valence-corrected chi connectivity index (χ3v) is 2.99. The maximum absolute atomic E-state index is 3.39. The van der Waals surface area contributed by atoms with Gasteiger partial charge in [-0.15, -0.1) is 0 Å². The van der Waals surface area contributed by atoms with Gasteiger partial charge in [0.25, 0.3) is 0 Å². The number of hydrogen-bond acceptors (Lipinski definition) is 2. The highest BCUT2D eigenvalue weighted by molar-refractivity contribution is 5.52. The summed E-state index contributed by atoms with van der Waals surface area (Å²) in [7, 11) is 1.99. The second-order valence-corrected chi connectivity index (χ2v) is 4.25. The van der Waals surface area contributed by atoms with Crippen molar-refractivity contribution in [1.29, 1.82) is 0 Å². The summed E-state index contributed by atoms with van der Waals surface area (Å²) in [6.07, 6.45) is 6.71. The van der Waals surface area contributed by atoms with E-state index >= 15 is 0 Å². The van der Waals surface area contributed by atoms with Crippen molar-refractivity contribution in [3.05, 3.63) is 41.0 Å². The Morgan fingerprint density at radius 3 is 3.19 bits per heavy atom. The Bertz CT molecular complexity index is 369. The van der Waals surface area contributed by atoms with Gasteiger partial charge in [-0.1, -0.05) is 30.4 Å². The lowest BCUT2D eigenvalue weighted by Crippen LogP contribution is -2.23. The molecule has 2 rings (SSSR count). The van der Waals surface area contributed by atoms with Gasteiger partial charge in [0.2, 0.25) is 0 Å². The topological polar surface area (TPSA) is 24.1 Å². The second kappa shape index (κ2) is 5.83. The molecule has 2 heteroatoms. The van der Waals surface area contributed by atoms with Gasteiger partial charge in [0.1, 0.15) is 0 Å². The minimum absolute atomic E-state index is 1.03. The van der Waals surface area contributed by atoms with E-state index in [4.69, 9.17) is 0 Å². The first-order chi connectivity index (χ1) is 7.90. The van der Waals surface area contributed by atoms with Gasteiger partial charge in [0.15, 0.2) is 0 Å². The number of benzene rings is 1. The van der Waals surface area contributed by atoms with Crippen LogP contribution in [0.5, 0.6) is 0 Å². The number of nitrogens with one attached hydrogen (secondary N) is 2. The van der Waals surface area contributed by atoms with Gasteiger partial charge in [-0.2, -0.15) is 0 Å². The first kappa shape index (κ1) is 11.4. The van der Waals surface area contributed by atoms with Gasteiger partial charge >= 0.3 is 0 Å². The number of hydrogen-bond donors (Lipinski definition) is 2. The molecule has 1 aromatic rings. The van der Waals surface area contributed by atoms with Crippen molar-refractivity contribution in [2.24, 2.45) is 0 Å². The highest BCUT2D eigenvalue weighted by atomic mass is 14.9. The monoisotopic (exact) mass is 216 g/mol. The summed E-state index contributed by atoms with van der Waals surface area (Å²) in [5.74, 6) is 0. The molecule has 0 saturated heterocycles.